The molecule has 0 saturated heterocycles. The molecule has 1 saturated carbocycles. The molecule has 20 heavy (non-hydrogen) atoms. The van der Waals surface area contributed by atoms with Gasteiger partial charge in [-0.1, -0.05) is 41.9 Å². The van der Waals surface area contributed by atoms with Crippen LogP contribution in [0.5, 0.6) is 0 Å². The minimum Gasteiger partial charge on any atom is -0.349 e. The topological polar surface area (TPSA) is 58.2 Å². The van der Waals surface area contributed by atoms with E-state index in [1.54, 1.807) is 18.2 Å². The Morgan fingerprint density at radius 1 is 1.25 bits per heavy atom. The van der Waals surface area contributed by atoms with Crippen LogP contribution in [-0.2, 0) is 4.79 Å². The summed E-state index contributed by atoms with van der Waals surface area (Å²) in [6, 6.07) is 7.38. The maximum atomic E-state index is 12.1. The summed E-state index contributed by atoms with van der Waals surface area (Å²) in [6.45, 7) is 3.93. The highest BCUT2D eigenvalue weighted by molar-refractivity contribution is 9.10. The second-order valence-electron chi connectivity index (χ2n) is 5.43. The number of alkyl halides is 1. The SMILES string of the molecule is CC(C)C(Br)C(=O)Nc1ccccc1C(=O)NC1CC1. The van der Waals surface area contributed by atoms with Crippen molar-refractivity contribution in [1.82, 2.24) is 5.32 Å². The van der Waals surface area contributed by atoms with Crippen molar-refractivity contribution in [2.24, 2.45) is 5.92 Å². The van der Waals surface area contributed by atoms with Gasteiger partial charge in [0.05, 0.1) is 16.1 Å². The Morgan fingerprint density at radius 3 is 2.50 bits per heavy atom. The summed E-state index contributed by atoms with van der Waals surface area (Å²) in [4.78, 5) is 23.9. The maximum absolute atomic E-state index is 12.1. The molecule has 5 heteroatoms. The summed E-state index contributed by atoms with van der Waals surface area (Å²) in [5.41, 5.74) is 1.07. The van der Waals surface area contributed by atoms with Crippen molar-refractivity contribution in [3.63, 3.8) is 0 Å². The first kappa shape index (κ1) is 15.0. The number of anilines is 1. The third-order valence-corrected chi connectivity index (χ3v) is 4.65. The largest absolute Gasteiger partial charge is 0.349 e. The van der Waals surface area contributed by atoms with Crippen molar-refractivity contribution in [3.8, 4) is 0 Å². The van der Waals surface area contributed by atoms with Gasteiger partial charge in [-0.25, -0.2) is 0 Å². The molecule has 108 valence electrons. The van der Waals surface area contributed by atoms with Gasteiger partial charge < -0.3 is 10.6 Å². The second kappa shape index (κ2) is 6.39. The molecule has 0 radical (unpaired) electrons. The van der Waals surface area contributed by atoms with Crippen molar-refractivity contribution in [3.05, 3.63) is 29.8 Å². The molecule has 0 spiro atoms. The molecule has 1 atom stereocenters. The second-order valence-corrected chi connectivity index (χ2v) is 6.41. The third-order valence-electron chi connectivity index (χ3n) is 3.18. The van der Waals surface area contributed by atoms with Crippen LogP contribution in [0.15, 0.2) is 24.3 Å². The molecule has 1 unspecified atom stereocenters. The van der Waals surface area contributed by atoms with Crippen molar-refractivity contribution < 1.29 is 9.59 Å². The minimum atomic E-state index is -0.276. The number of halogens is 1. The molecule has 1 fully saturated rings. The first-order valence-electron chi connectivity index (χ1n) is 6.84. The predicted octanol–water partition coefficient (Wildman–Crippen LogP) is 2.94. The van der Waals surface area contributed by atoms with Crippen LogP contribution < -0.4 is 10.6 Å². The molecule has 1 aliphatic carbocycles. The summed E-state index contributed by atoms with van der Waals surface area (Å²) < 4.78 is 0. The van der Waals surface area contributed by atoms with Crippen molar-refractivity contribution in [2.45, 2.75) is 37.6 Å². The van der Waals surface area contributed by atoms with E-state index in [0.29, 0.717) is 17.3 Å². The fraction of sp³-hybridized carbons (Fsp3) is 0.467. The summed E-state index contributed by atoms with van der Waals surface area (Å²) >= 11 is 3.36. The highest BCUT2D eigenvalue weighted by Crippen LogP contribution is 2.22. The lowest BCUT2D eigenvalue weighted by molar-refractivity contribution is -0.116. The molecule has 2 rings (SSSR count). The molecule has 0 aliphatic heterocycles. The van der Waals surface area contributed by atoms with Crippen LogP contribution in [0.2, 0.25) is 0 Å². The first-order valence-corrected chi connectivity index (χ1v) is 7.75. The molecule has 1 aliphatic rings. The molecule has 2 amide bonds. The highest BCUT2D eigenvalue weighted by atomic mass is 79.9. The highest BCUT2D eigenvalue weighted by Gasteiger charge is 2.25. The summed E-state index contributed by atoms with van der Waals surface area (Å²) in [5.74, 6) is -0.0757. The van der Waals surface area contributed by atoms with Crippen LogP contribution >= 0.6 is 15.9 Å². The van der Waals surface area contributed by atoms with Gasteiger partial charge in [-0.15, -0.1) is 0 Å². The van der Waals surface area contributed by atoms with Crippen molar-refractivity contribution in [2.75, 3.05) is 5.32 Å². The van der Waals surface area contributed by atoms with Gasteiger partial charge in [-0.3, -0.25) is 9.59 Å². The molecule has 4 nitrogen and oxygen atoms in total. The van der Waals surface area contributed by atoms with Gasteiger partial charge in [0, 0.05) is 6.04 Å². The Bertz CT molecular complexity index is 512. The number of amides is 2. The number of hydrogen-bond acceptors (Lipinski definition) is 2. The number of benzene rings is 1. The van der Waals surface area contributed by atoms with Gasteiger partial charge in [0.25, 0.3) is 5.91 Å². The number of carbonyl (C=O) groups excluding carboxylic acids is 2. The first-order chi connectivity index (χ1) is 9.49. The molecular weight excluding hydrogens is 320 g/mol. The van der Waals surface area contributed by atoms with Crippen LogP contribution in [0.4, 0.5) is 5.69 Å². The molecule has 1 aromatic carbocycles. The van der Waals surface area contributed by atoms with E-state index < -0.39 is 0 Å². The molecule has 1 aromatic rings. The summed E-state index contributed by atoms with van der Waals surface area (Å²) in [7, 11) is 0. The van der Waals surface area contributed by atoms with E-state index >= 15 is 0 Å². The molecule has 0 aromatic heterocycles. The Kier molecular flexibility index (Phi) is 4.81. The number of carbonyl (C=O) groups is 2. The molecule has 0 bridgehead atoms. The van der Waals surface area contributed by atoms with Crippen LogP contribution in [0.25, 0.3) is 0 Å². The van der Waals surface area contributed by atoms with Gasteiger partial charge in [-0.2, -0.15) is 0 Å². The fourth-order valence-corrected chi connectivity index (χ4v) is 1.90. The maximum Gasteiger partial charge on any atom is 0.253 e. The third kappa shape index (κ3) is 3.82. The smallest absolute Gasteiger partial charge is 0.253 e. The predicted molar refractivity (Wildman–Crippen MR) is 83.1 cm³/mol. The fourth-order valence-electron chi connectivity index (χ4n) is 1.79. The van der Waals surface area contributed by atoms with Gasteiger partial charge in [0.2, 0.25) is 5.91 Å². The number of para-hydroxylation sites is 1. The van der Waals surface area contributed by atoms with E-state index in [2.05, 4.69) is 26.6 Å². The number of rotatable bonds is 5. The van der Waals surface area contributed by atoms with Gasteiger partial charge >= 0.3 is 0 Å². The average molecular weight is 339 g/mol. The minimum absolute atomic E-state index is 0.126. The zero-order valence-corrected chi connectivity index (χ0v) is 13.2. The Hall–Kier alpha value is -1.36. The van der Waals surface area contributed by atoms with Crippen LogP contribution in [0.1, 0.15) is 37.0 Å². The van der Waals surface area contributed by atoms with Crippen molar-refractivity contribution in [1.29, 1.82) is 0 Å². The lowest BCUT2D eigenvalue weighted by Crippen LogP contribution is -2.30. The number of hydrogen-bond donors (Lipinski definition) is 2. The van der Waals surface area contributed by atoms with E-state index in [1.165, 1.54) is 0 Å². The van der Waals surface area contributed by atoms with Gasteiger partial charge in [0.15, 0.2) is 0 Å². The zero-order chi connectivity index (χ0) is 14.7. The Balaban J connectivity index is 2.10. The summed E-state index contributed by atoms with van der Waals surface area (Å²) in [6.07, 6.45) is 2.08. The van der Waals surface area contributed by atoms with E-state index in [9.17, 15) is 9.59 Å². The van der Waals surface area contributed by atoms with E-state index in [1.807, 2.05) is 19.9 Å². The lowest BCUT2D eigenvalue weighted by Gasteiger charge is -2.16. The zero-order valence-electron chi connectivity index (χ0n) is 11.7. The quantitative estimate of drug-likeness (QED) is 0.811. The van der Waals surface area contributed by atoms with Crippen LogP contribution in [0, 0.1) is 5.92 Å². The Labute approximate surface area is 127 Å². The van der Waals surface area contributed by atoms with Crippen LogP contribution in [-0.4, -0.2) is 22.7 Å². The molecule has 0 heterocycles. The monoisotopic (exact) mass is 338 g/mol. The number of nitrogens with one attached hydrogen (secondary N) is 2. The van der Waals surface area contributed by atoms with Crippen LogP contribution in [0.3, 0.4) is 0 Å². The summed E-state index contributed by atoms with van der Waals surface area (Å²) in [5, 5.41) is 5.75. The Morgan fingerprint density at radius 2 is 1.90 bits per heavy atom. The molecule has 2 N–H and O–H groups in total. The van der Waals surface area contributed by atoms with Crippen molar-refractivity contribution >= 4 is 33.4 Å². The van der Waals surface area contributed by atoms with E-state index in [-0.39, 0.29) is 22.6 Å². The van der Waals surface area contributed by atoms with E-state index in [4.69, 9.17) is 0 Å². The standard InChI is InChI=1S/C15H19BrN2O2/c1-9(2)13(16)15(20)18-12-6-4-3-5-11(12)14(19)17-10-7-8-10/h3-6,9-10,13H,7-8H2,1-2H3,(H,17,19)(H,18,20). The average Bonchev–Trinajstić information content (AvgIpc) is 3.22. The van der Waals surface area contributed by atoms with Gasteiger partial charge in [0.1, 0.15) is 0 Å². The van der Waals surface area contributed by atoms with E-state index in [0.717, 1.165) is 12.8 Å². The lowest BCUT2D eigenvalue weighted by atomic mass is 10.1. The normalized spacial score (nSPS) is 15.8. The molecular formula is C15H19BrN2O2. The van der Waals surface area contributed by atoms with Gasteiger partial charge in [-0.05, 0) is 30.9 Å².